The minimum absolute atomic E-state index is 0.0420. The second-order valence-electron chi connectivity index (χ2n) is 9.10. The van der Waals surface area contributed by atoms with Crippen molar-refractivity contribution in [3.05, 3.63) is 35.6 Å². The van der Waals surface area contributed by atoms with Gasteiger partial charge in [-0.15, -0.1) is 0 Å². The van der Waals surface area contributed by atoms with Crippen LogP contribution >= 0.6 is 0 Å². The van der Waals surface area contributed by atoms with Crippen molar-refractivity contribution in [3.63, 3.8) is 0 Å². The first kappa shape index (κ1) is 23.6. The van der Waals surface area contributed by atoms with Gasteiger partial charge in [-0.3, -0.25) is 4.79 Å². The summed E-state index contributed by atoms with van der Waals surface area (Å²) < 4.78 is 44.0. The van der Waals surface area contributed by atoms with Crippen LogP contribution in [0.4, 0.5) is 8.78 Å². The van der Waals surface area contributed by atoms with Crippen LogP contribution in [0.3, 0.4) is 0 Å². The van der Waals surface area contributed by atoms with Crippen LogP contribution in [0.5, 0.6) is 0 Å². The minimum atomic E-state index is -2.65. The Labute approximate surface area is 189 Å². The molecule has 5 unspecified atom stereocenters. The molecule has 1 aromatic rings. The summed E-state index contributed by atoms with van der Waals surface area (Å²) in [6.45, 7) is -0.735. The molecule has 0 amide bonds. The molecule has 0 spiro atoms. The number of rotatable bonds is 8. The number of benzene rings is 1. The van der Waals surface area contributed by atoms with E-state index in [9.17, 15) is 28.3 Å². The largest absolute Gasteiger partial charge is 0.479 e. The molecule has 3 aliphatic rings. The highest BCUT2D eigenvalue weighted by atomic mass is 19.1. The van der Waals surface area contributed by atoms with Crippen molar-refractivity contribution >= 4 is 17.9 Å². The number of carboxylic acids is 1. The molecule has 33 heavy (non-hydrogen) atoms. The number of esters is 2. The fraction of sp³-hybridized carbons (Fsp3) is 0.609. The zero-order valence-corrected chi connectivity index (χ0v) is 18.0. The van der Waals surface area contributed by atoms with Gasteiger partial charge in [-0.2, -0.15) is 0 Å². The normalized spacial score (nSPS) is 33.2. The number of alkyl halides is 1. The van der Waals surface area contributed by atoms with Crippen LogP contribution in [0.15, 0.2) is 24.3 Å². The van der Waals surface area contributed by atoms with E-state index < -0.39 is 59.7 Å². The van der Waals surface area contributed by atoms with E-state index in [4.69, 9.17) is 19.9 Å². The Morgan fingerprint density at radius 2 is 1.76 bits per heavy atom. The van der Waals surface area contributed by atoms with Gasteiger partial charge in [0.2, 0.25) is 12.5 Å². The SMILES string of the molecule is NC1(C(=O)OCOC(=O)C2CCCCC2)C(OCc2ccc(F)cc2)CC2C1C2(F)C(=O)O. The minimum Gasteiger partial charge on any atom is -0.479 e. The Bertz CT molecular complexity index is 920. The number of halogens is 2. The van der Waals surface area contributed by atoms with Crippen LogP contribution < -0.4 is 5.73 Å². The van der Waals surface area contributed by atoms with Crippen LogP contribution in [0.1, 0.15) is 44.1 Å². The highest BCUT2D eigenvalue weighted by Gasteiger charge is 2.85. The molecule has 3 N–H and O–H groups in total. The molecule has 3 saturated carbocycles. The first-order valence-corrected chi connectivity index (χ1v) is 11.1. The Balaban J connectivity index is 1.41. The molecule has 0 aliphatic heterocycles. The quantitative estimate of drug-likeness (QED) is 0.441. The summed E-state index contributed by atoms with van der Waals surface area (Å²) in [5.41, 5.74) is 2.16. The van der Waals surface area contributed by atoms with Crippen molar-refractivity contribution in [2.45, 2.75) is 62.4 Å². The summed E-state index contributed by atoms with van der Waals surface area (Å²) in [4.78, 5) is 36.5. The fourth-order valence-electron chi connectivity index (χ4n) is 5.29. The number of fused-ring (bicyclic) bond motifs is 1. The average Bonchev–Trinajstić information content (AvgIpc) is 3.29. The van der Waals surface area contributed by atoms with Crippen LogP contribution in [-0.4, -0.2) is 47.1 Å². The molecule has 1 aromatic carbocycles. The Morgan fingerprint density at radius 1 is 1.09 bits per heavy atom. The topological polar surface area (TPSA) is 125 Å². The van der Waals surface area contributed by atoms with E-state index in [1.165, 1.54) is 24.3 Å². The highest BCUT2D eigenvalue weighted by molar-refractivity contribution is 5.91. The van der Waals surface area contributed by atoms with Crippen LogP contribution in [0.2, 0.25) is 0 Å². The third-order valence-corrected chi connectivity index (χ3v) is 7.18. The second-order valence-corrected chi connectivity index (χ2v) is 9.10. The lowest BCUT2D eigenvalue weighted by atomic mass is 9.87. The molecular formula is C23H27F2NO7. The van der Waals surface area contributed by atoms with E-state index in [-0.39, 0.29) is 18.9 Å². The molecule has 0 radical (unpaired) electrons. The molecule has 180 valence electrons. The van der Waals surface area contributed by atoms with Crippen molar-refractivity contribution < 1.29 is 42.5 Å². The van der Waals surface area contributed by atoms with Gasteiger partial charge < -0.3 is 25.1 Å². The molecule has 4 rings (SSSR count). The number of hydrogen-bond acceptors (Lipinski definition) is 7. The van der Waals surface area contributed by atoms with Gasteiger partial charge in [0, 0.05) is 11.8 Å². The predicted molar refractivity (Wildman–Crippen MR) is 109 cm³/mol. The molecule has 8 nitrogen and oxygen atoms in total. The molecule has 3 aliphatic carbocycles. The van der Waals surface area contributed by atoms with Gasteiger partial charge in [-0.05, 0) is 37.0 Å². The van der Waals surface area contributed by atoms with E-state index >= 15 is 0 Å². The molecule has 10 heteroatoms. The zero-order chi connectivity index (χ0) is 23.8. The van der Waals surface area contributed by atoms with Crippen LogP contribution in [0, 0.1) is 23.6 Å². The average molecular weight is 467 g/mol. The number of nitrogens with two attached hydrogens (primary N) is 1. The molecular weight excluding hydrogens is 440 g/mol. The van der Waals surface area contributed by atoms with Gasteiger partial charge in [0.05, 0.1) is 18.6 Å². The fourth-order valence-corrected chi connectivity index (χ4v) is 5.29. The Kier molecular flexibility index (Phi) is 6.41. The van der Waals surface area contributed by atoms with E-state index in [1.807, 2.05) is 0 Å². The maximum absolute atomic E-state index is 15.0. The van der Waals surface area contributed by atoms with Gasteiger partial charge >= 0.3 is 17.9 Å². The van der Waals surface area contributed by atoms with Crippen molar-refractivity contribution in [1.29, 1.82) is 0 Å². The van der Waals surface area contributed by atoms with E-state index in [2.05, 4.69) is 0 Å². The molecule has 3 fully saturated rings. The number of hydrogen-bond donors (Lipinski definition) is 2. The monoisotopic (exact) mass is 467 g/mol. The van der Waals surface area contributed by atoms with Crippen LogP contribution in [0.25, 0.3) is 0 Å². The number of carboxylic acid groups (broad SMARTS) is 1. The van der Waals surface area contributed by atoms with E-state index in [0.29, 0.717) is 18.4 Å². The van der Waals surface area contributed by atoms with Gasteiger partial charge in [0.15, 0.2) is 0 Å². The van der Waals surface area contributed by atoms with Gasteiger partial charge in [0.25, 0.3) is 0 Å². The molecule has 0 bridgehead atoms. The Morgan fingerprint density at radius 3 is 2.39 bits per heavy atom. The van der Waals surface area contributed by atoms with Crippen molar-refractivity contribution in [2.24, 2.45) is 23.5 Å². The van der Waals surface area contributed by atoms with E-state index in [1.54, 1.807) is 0 Å². The third-order valence-electron chi connectivity index (χ3n) is 7.18. The van der Waals surface area contributed by atoms with E-state index in [0.717, 1.165) is 19.3 Å². The lowest BCUT2D eigenvalue weighted by Gasteiger charge is -2.33. The van der Waals surface area contributed by atoms with Crippen LogP contribution in [-0.2, 0) is 35.2 Å². The standard InChI is InChI=1S/C23H27F2NO7/c24-15-8-6-13(7-9-15)11-31-17-10-16-18(22(16,25)20(28)29)23(17,26)21(30)33-12-32-19(27)14-4-2-1-3-5-14/h6-9,14,16-18H,1-5,10-12,26H2,(H,28,29). The second kappa shape index (κ2) is 8.98. The van der Waals surface area contributed by atoms with Crippen molar-refractivity contribution in [2.75, 3.05) is 6.79 Å². The summed E-state index contributed by atoms with van der Waals surface area (Å²) >= 11 is 0. The summed E-state index contributed by atoms with van der Waals surface area (Å²) in [6, 6.07) is 5.46. The zero-order valence-electron chi connectivity index (χ0n) is 18.0. The van der Waals surface area contributed by atoms with Gasteiger partial charge in [-0.25, -0.2) is 18.4 Å². The lowest BCUT2D eigenvalue weighted by molar-refractivity contribution is -0.179. The lowest BCUT2D eigenvalue weighted by Crippen LogP contribution is -2.61. The number of aliphatic carboxylic acids is 1. The van der Waals surface area contributed by atoms with Gasteiger partial charge in [-0.1, -0.05) is 31.4 Å². The number of carbonyl (C=O) groups excluding carboxylic acids is 2. The Hall–Kier alpha value is -2.59. The van der Waals surface area contributed by atoms with Crippen molar-refractivity contribution in [1.82, 2.24) is 0 Å². The smallest absolute Gasteiger partial charge is 0.342 e. The maximum atomic E-state index is 15.0. The first-order chi connectivity index (χ1) is 15.7. The molecule has 5 atom stereocenters. The highest BCUT2D eigenvalue weighted by Crippen LogP contribution is 2.67. The predicted octanol–water partition coefficient (Wildman–Crippen LogP) is 2.48. The first-order valence-electron chi connectivity index (χ1n) is 11.1. The molecule has 0 heterocycles. The summed E-state index contributed by atoms with van der Waals surface area (Å²) in [5, 5.41) is 9.32. The summed E-state index contributed by atoms with van der Waals surface area (Å²) in [6.07, 6.45) is 3.21. The van der Waals surface area contributed by atoms with Crippen molar-refractivity contribution in [3.8, 4) is 0 Å². The summed E-state index contributed by atoms with van der Waals surface area (Å²) in [5.74, 6) is -6.27. The summed E-state index contributed by atoms with van der Waals surface area (Å²) in [7, 11) is 0. The number of ether oxygens (including phenoxy) is 3. The number of carbonyl (C=O) groups is 3. The molecule has 0 aromatic heterocycles. The van der Waals surface area contributed by atoms with Gasteiger partial charge in [0.1, 0.15) is 11.4 Å². The molecule has 0 saturated heterocycles. The third kappa shape index (κ3) is 4.21. The maximum Gasteiger partial charge on any atom is 0.342 e.